The van der Waals surface area contributed by atoms with Gasteiger partial charge in [0, 0.05) is 10.6 Å². The predicted molar refractivity (Wildman–Crippen MR) is 66.7 cm³/mol. The predicted octanol–water partition coefficient (Wildman–Crippen LogP) is 1.83. The van der Waals surface area contributed by atoms with Crippen molar-refractivity contribution in [2.45, 2.75) is 0 Å². The van der Waals surface area contributed by atoms with Crippen LogP contribution >= 0.6 is 11.6 Å². The maximum Gasteiger partial charge on any atom is 0.488 e. The van der Waals surface area contributed by atoms with Crippen LogP contribution < -0.4 is 5.46 Å². The van der Waals surface area contributed by atoms with Crippen LogP contribution in [0.15, 0.2) is 42.5 Å². The van der Waals surface area contributed by atoms with Gasteiger partial charge in [-0.25, -0.2) is 4.39 Å². The van der Waals surface area contributed by atoms with Gasteiger partial charge in [0.05, 0.1) is 0 Å². The van der Waals surface area contributed by atoms with Gasteiger partial charge in [0.15, 0.2) is 0 Å². The molecule has 0 saturated carbocycles. The van der Waals surface area contributed by atoms with Crippen molar-refractivity contribution in [3.8, 4) is 11.1 Å². The third-order valence-corrected chi connectivity index (χ3v) is 2.69. The van der Waals surface area contributed by atoms with Gasteiger partial charge in [0.1, 0.15) is 5.82 Å². The average molecular weight is 250 g/mol. The summed E-state index contributed by atoms with van der Waals surface area (Å²) in [5.41, 5.74) is 1.44. The molecule has 0 bridgehead atoms. The normalized spacial score (nSPS) is 10.4. The first-order valence-corrected chi connectivity index (χ1v) is 5.37. The van der Waals surface area contributed by atoms with E-state index in [-0.39, 0.29) is 0 Å². The minimum absolute atomic E-state index is 0.341. The Morgan fingerprint density at radius 3 is 2.18 bits per heavy atom. The Bertz CT molecular complexity index is 529. The number of hydrogen-bond acceptors (Lipinski definition) is 2. The van der Waals surface area contributed by atoms with E-state index in [1.165, 1.54) is 18.2 Å². The van der Waals surface area contributed by atoms with Crippen molar-refractivity contribution in [2.75, 3.05) is 0 Å². The average Bonchev–Trinajstić information content (AvgIpc) is 2.29. The van der Waals surface area contributed by atoms with Gasteiger partial charge in [-0.15, -0.1) is 0 Å². The molecule has 0 amide bonds. The first-order chi connectivity index (χ1) is 8.08. The van der Waals surface area contributed by atoms with Gasteiger partial charge in [-0.2, -0.15) is 0 Å². The van der Waals surface area contributed by atoms with E-state index in [0.717, 1.165) is 0 Å². The van der Waals surface area contributed by atoms with Crippen LogP contribution in [0.1, 0.15) is 0 Å². The minimum Gasteiger partial charge on any atom is -0.423 e. The largest absolute Gasteiger partial charge is 0.488 e. The highest BCUT2D eigenvalue weighted by molar-refractivity contribution is 6.58. The Kier molecular flexibility index (Phi) is 3.47. The summed E-state index contributed by atoms with van der Waals surface area (Å²) in [4.78, 5) is 0. The Hall–Kier alpha value is -1.36. The fraction of sp³-hybridized carbons (Fsp3) is 0. The number of benzene rings is 2. The standard InChI is InChI=1S/C12H9BClFO2/c14-10-5-6-11(12(15)7-10)8-1-3-9(4-2-8)13(16)17/h1-7,16-17H. The molecule has 0 radical (unpaired) electrons. The molecule has 86 valence electrons. The Labute approximate surface area is 103 Å². The summed E-state index contributed by atoms with van der Waals surface area (Å²) in [7, 11) is -1.51. The van der Waals surface area contributed by atoms with Crippen LogP contribution in [0, 0.1) is 5.82 Å². The third kappa shape index (κ3) is 2.66. The van der Waals surface area contributed by atoms with Crippen molar-refractivity contribution in [2.24, 2.45) is 0 Å². The molecule has 2 nitrogen and oxygen atoms in total. The van der Waals surface area contributed by atoms with E-state index in [2.05, 4.69) is 0 Å². The fourth-order valence-corrected chi connectivity index (χ4v) is 1.72. The second-order valence-corrected chi connectivity index (χ2v) is 4.06. The smallest absolute Gasteiger partial charge is 0.423 e. The van der Waals surface area contributed by atoms with Crippen LogP contribution in [0.3, 0.4) is 0 Å². The lowest BCUT2D eigenvalue weighted by Crippen LogP contribution is -2.29. The maximum atomic E-state index is 13.6. The summed E-state index contributed by atoms with van der Waals surface area (Å²) in [6.45, 7) is 0. The molecule has 17 heavy (non-hydrogen) atoms. The molecule has 0 fully saturated rings. The third-order valence-electron chi connectivity index (χ3n) is 2.45. The molecule has 0 aliphatic rings. The highest BCUT2D eigenvalue weighted by atomic mass is 35.5. The van der Waals surface area contributed by atoms with Crippen molar-refractivity contribution < 1.29 is 14.4 Å². The van der Waals surface area contributed by atoms with Crippen molar-refractivity contribution in [3.63, 3.8) is 0 Å². The number of hydrogen-bond donors (Lipinski definition) is 2. The van der Waals surface area contributed by atoms with Crippen LogP contribution in [-0.4, -0.2) is 17.2 Å². The highest BCUT2D eigenvalue weighted by Gasteiger charge is 2.11. The molecule has 0 saturated heterocycles. The fourth-order valence-electron chi connectivity index (χ4n) is 1.56. The van der Waals surface area contributed by atoms with E-state index in [1.54, 1.807) is 24.3 Å². The van der Waals surface area contributed by atoms with Crippen molar-refractivity contribution >= 4 is 24.2 Å². The van der Waals surface area contributed by atoms with E-state index >= 15 is 0 Å². The van der Waals surface area contributed by atoms with Gasteiger partial charge in [-0.1, -0.05) is 35.9 Å². The van der Waals surface area contributed by atoms with Gasteiger partial charge >= 0.3 is 7.12 Å². The zero-order valence-corrected chi connectivity index (χ0v) is 9.53. The van der Waals surface area contributed by atoms with Crippen molar-refractivity contribution in [1.29, 1.82) is 0 Å². The zero-order valence-electron chi connectivity index (χ0n) is 8.77. The summed E-state index contributed by atoms with van der Waals surface area (Å²) < 4.78 is 13.6. The van der Waals surface area contributed by atoms with Gasteiger partial charge in [0.2, 0.25) is 0 Å². The second kappa shape index (κ2) is 4.88. The van der Waals surface area contributed by atoms with E-state index in [0.29, 0.717) is 21.6 Å². The summed E-state index contributed by atoms with van der Waals surface area (Å²) in [5, 5.41) is 18.2. The van der Waals surface area contributed by atoms with Gasteiger partial charge in [-0.3, -0.25) is 0 Å². The molecular weight excluding hydrogens is 241 g/mol. The van der Waals surface area contributed by atoms with E-state index < -0.39 is 12.9 Å². The van der Waals surface area contributed by atoms with Crippen LogP contribution in [0.4, 0.5) is 4.39 Å². The summed E-state index contributed by atoms with van der Waals surface area (Å²) in [5.74, 6) is -0.408. The lowest BCUT2D eigenvalue weighted by atomic mass is 9.80. The molecule has 2 rings (SSSR count). The highest BCUT2D eigenvalue weighted by Crippen LogP contribution is 2.24. The summed E-state index contributed by atoms with van der Waals surface area (Å²) in [6, 6.07) is 10.8. The first kappa shape index (κ1) is 12.1. The van der Waals surface area contributed by atoms with E-state index in [1.807, 2.05) is 0 Å². The molecule has 0 aliphatic heterocycles. The quantitative estimate of drug-likeness (QED) is 0.798. The molecular formula is C12H9BClFO2. The van der Waals surface area contributed by atoms with Gasteiger partial charge in [0.25, 0.3) is 0 Å². The summed E-state index contributed by atoms with van der Waals surface area (Å²) >= 11 is 5.67. The molecule has 2 N–H and O–H groups in total. The molecule has 2 aromatic rings. The van der Waals surface area contributed by atoms with Crippen LogP contribution in [0.2, 0.25) is 5.02 Å². The molecule has 0 heterocycles. The van der Waals surface area contributed by atoms with Gasteiger partial charge < -0.3 is 10.0 Å². The summed E-state index contributed by atoms with van der Waals surface area (Å²) in [6.07, 6.45) is 0. The van der Waals surface area contributed by atoms with Gasteiger partial charge in [-0.05, 0) is 29.2 Å². The van der Waals surface area contributed by atoms with Crippen molar-refractivity contribution in [3.05, 3.63) is 53.3 Å². The molecule has 0 unspecified atom stereocenters. The van der Waals surface area contributed by atoms with E-state index in [9.17, 15) is 4.39 Å². The lowest BCUT2D eigenvalue weighted by Gasteiger charge is -2.05. The molecule has 5 heteroatoms. The topological polar surface area (TPSA) is 40.5 Å². The van der Waals surface area contributed by atoms with Crippen LogP contribution in [-0.2, 0) is 0 Å². The Morgan fingerprint density at radius 1 is 1.00 bits per heavy atom. The molecule has 0 atom stereocenters. The maximum absolute atomic E-state index is 13.6. The van der Waals surface area contributed by atoms with E-state index in [4.69, 9.17) is 21.6 Å². The molecule has 0 aromatic heterocycles. The van der Waals surface area contributed by atoms with Crippen molar-refractivity contribution in [1.82, 2.24) is 0 Å². The lowest BCUT2D eigenvalue weighted by molar-refractivity contribution is 0.426. The number of halogens is 2. The molecule has 2 aromatic carbocycles. The number of rotatable bonds is 2. The SMILES string of the molecule is OB(O)c1ccc(-c2ccc(Cl)cc2F)cc1. The molecule has 0 spiro atoms. The first-order valence-electron chi connectivity index (χ1n) is 4.99. The monoisotopic (exact) mass is 250 g/mol. The zero-order chi connectivity index (χ0) is 12.4. The van der Waals surface area contributed by atoms with Crippen LogP contribution in [0.5, 0.6) is 0 Å². The second-order valence-electron chi connectivity index (χ2n) is 3.62. The Balaban J connectivity index is 2.40. The molecule has 0 aliphatic carbocycles. The Morgan fingerprint density at radius 2 is 1.65 bits per heavy atom. The minimum atomic E-state index is -1.51. The van der Waals surface area contributed by atoms with Crippen LogP contribution in [0.25, 0.3) is 11.1 Å².